The number of benzene rings is 1. The van der Waals surface area contributed by atoms with E-state index in [9.17, 15) is 8.42 Å². The molecule has 4 rings (SSSR count). The zero-order valence-electron chi connectivity index (χ0n) is 15.9. The van der Waals surface area contributed by atoms with Crippen molar-refractivity contribution in [2.45, 2.75) is 36.4 Å². The summed E-state index contributed by atoms with van der Waals surface area (Å²) in [5, 5.41) is 0. The van der Waals surface area contributed by atoms with Gasteiger partial charge in [-0.25, -0.2) is 8.42 Å². The van der Waals surface area contributed by atoms with E-state index < -0.39 is 10.0 Å². The van der Waals surface area contributed by atoms with Crippen LogP contribution in [0, 0.1) is 18.8 Å². The highest BCUT2D eigenvalue weighted by atomic mass is 32.2. The molecule has 2 bridgehead atoms. The van der Waals surface area contributed by atoms with E-state index in [2.05, 4.69) is 19.0 Å². The first kappa shape index (κ1) is 18.2. The molecule has 144 valence electrons. The average Bonchev–Trinajstić information content (AvgIpc) is 3.24. The Bertz CT molecular complexity index is 810. The lowest BCUT2D eigenvalue weighted by Gasteiger charge is -2.31. The fourth-order valence-corrected chi connectivity index (χ4v) is 6.89. The van der Waals surface area contributed by atoms with Crippen LogP contribution in [0.15, 0.2) is 23.1 Å². The Labute approximate surface area is 156 Å². The smallest absolute Gasteiger partial charge is 0.246 e. The fraction of sp³-hybridized carbons (Fsp3) is 0.684. The molecule has 3 fully saturated rings. The molecule has 7 heteroatoms. The van der Waals surface area contributed by atoms with Crippen molar-refractivity contribution < 1.29 is 17.9 Å². The molecule has 26 heavy (non-hydrogen) atoms. The molecule has 1 aromatic rings. The van der Waals surface area contributed by atoms with Crippen LogP contribution in [0.25, 0.3) is 0 Å². The van der Waals surface area contributed by atoms with Gasteiger partial charge in [-0.1, -0.05) is 6.07 Å². The van der Waals surface area contributed by atoms with Gasteiger partial charge in [-0.05, 0) is 51.6 Å². The van der Waals surface area contributed by atoms with E-state index in [1.54, 1.807) is 16.4 Å². The molecule has 0 aliphatic carbocycles. The fourth-order valence-electron chi connectivity index (χ4n) is 5.12. The topological polar surface area (TPSA) is 59.1 Å². The summed E-state index contributed by atoms with van der Waals surface area (Å²) in [6.45, 7) is 3.83. The second-order valence-corrected chi connectivity index (χ2v) is 10.2. The summed E-state index contributed by atoms with van der Waals surface area (Å²) in [6.07, 6.45) is 2.28. The van der Waals surface area contributed by atoms with Gasteiger partial charge in [-0.15, -0.1) is 0 Å². The maximum absolute atomic E-state index is 13.4. The standard InChI is InChI=1S/C19H28N2O4S/c1-13-5-6-17(24-4)18(9-13)26(22,23)21-11-15-14(10-20(2)3)16-7-8-19(15,12-21)25-16/h5-6,9,14-16H,7-8,10-12H2,1-4H3/t14-,15+,16+,19+/m0/s1. The number of ether oxygens (including phenoxy) is 2. The third-order valence-electron chi connectivity index (χ3n) is 6.27. The summed E-state index contributed by atoms with van der Waals surface area (Å²) in [6, 6.07) is 5.30. The molecule has 1 aromatic carbocycles. The van der Waals surface area contributed by atoms with E-state index in [0.717, 1.165) is 24.9 Å². The van der Waals surface area contributed by atoms with Crippen LogP contribution in [0.2, 0.25) is 0 Å². The molecule has 3 aliphatic heterocycles. The van der Waals surface area contributed by atoms with Crippen LogP contribution in [0.4, 0.5) is 0 Å². The van der Waals surface area contributed by atoms with Crippen molar-refractivity contribution in [3.63, 3.8) is 0 Å². The van der Waals surface area contributed by atoms with Crippen LogP contribution < -0.4 is 4.74 Å². The van der Waals surface area contributed by atoms with Crippen molar-refractivity contribution >= 4 is 10.0 Å². The van der Waals surface area contributed by atoms with E-state index in [1.165, 1.54) is 7.11 Å². The predicted molar refractivity (Wildman–Crippen MR) is 98.9 cm³/mol. The van der Waals surface area contributed by atoms with Crippen molar-refractivity contribution in [2.24, 2.45) is 11.8 Å². The monoisotopic (exact) mass is 380 g/mol. The lowest BCUT2D eigenvalue weighted by Crippen LogP contribution is -2.40. The van der Waals surface area contributed by atoms with Gasteiger partial charge in [-0.2, -0.15) is 4.31 Å². The number of rotatable bonds is 5. The summed E-state index contributed by atoms with van der Waals surface area (Å²) in [4.78, 5) is 2.44. The molecule has 6 nitrogen and oxygen atoms in total. The van der Waals surface area contributed by atoms with Crippen molar-refractivity contribution in [1.82, 2.24) is 9.21 Å². The van der Waals surface area contributed by atoms with Gasteiger partial charge < -0.3 is 14.4 Å². The Balaban J connectivity index is 1.65. The number of hydrogen-bond acceptors (Lipinski definition) is 5. The molecule has 0 aromatic heterocycles. The van der Waals surface area contributed by atoms with Crippen molar-refractivity contribution in [2.75, 3.05) is 40.8 Å². The van der Waals surface area contributed by atoms with E-state index in [4.69, 9.17) is 9.47 Å². The number of fused-ring (bicyclic) bond motifs is 1. The zero-order chi connectivity index (χ0) is 18.7. The molecule has 0 saturated carbocycles. The zero-order valence-corrected chi connectivity index (χ0v) is 16.8. The highest BCUT2D eigenvalue weighted by Gasteiger charge is 2.64. The molecule has 1 spiro atoms. The summed E-state index contributed by atoms with van der Waals surface area (Å²) < 4.78 is 40.1. The van der Waals surface area contributed by atoms with Crippen molar-refractivity contribution in [1.29, 1.82) is 0 Å². The Morgan fingerprint density at radius 2 is 2.15 bits per heavy atom. The molecule has 0 unspecified atom stereocenters. The van der Waals surface area contributed by atoms with Gasteiger partial charge in [0.1, 0.15) is 10.6 Å². The van der Waals surface area contributed by atoms with E-state index in [1.807, 2.05) is 13.0 Å². The Morgan fingerprint density at radius 3 is 2.85 bits per heavy atom. The molecular weight excluding hydrogens is 352 g/mol. The maximum atomic E-state index is 13.4. The van der Waals surface area contributed by atoms with Gasteiger partial charge in [0.2, 0.25) is 10.0 Å². The predicted octanol–water partition coefficient (Wildman–Crippen LogP) is 1.73. The van der Waals surface area contributed by atoms with Gasteiger partial charge in [0.15, 0.2) is 0 Å². The van der Waals surface area contributed by atoms with Crippen molar-refractivity contribution in [3.05, 3.63) is 23.8 Å². The third-order valence-corrected chi connectivity index (χ3v) is 8.10. The van der Waals surface area contributed by atoms with E-state index >= 15 is 0 Å². The average molecular weight is 381 g/mol. The van der Waals surface area contributed by atoms with Gasteiger partial charge in [0, 0.05) is 31.5 Å². The second-order valence-electron chi connectivity index (χ2n) is 8.24. The molecule has 0 N–H and O–H groups in total. The van der Waals surface area contributed by atoms with Crippen LogP contribution in [0.3, 0.4) is 0 Å². The summed E-state index contributed by atoms with van der Waals surface area (Å²) in [5.74, 6) is 1.08. The molecule has 3 aliphatic rings. The number of hydrogen-bond donors (Lipinski definition) is 0. The quantitative estimate of drug-likeness (QED) is 0.779. The number of sulfonamides is 1. The second kappa shape index (κ2) is 6.19. The maximum Gasteiger partial charge on any atom is 0.246 e. The SMILES string of the molecule is COc1ccc(C)cc1S(=O)(=O)N1C[C@@H]2[C@H](CN(C)C)[C@H]3CC[C@]2(C1)O3. The van der Waals surface area contributed by atoms with Crippen LogP contribution in [-0.4, -0.2) is 70.2 Å². The Morgan fingerprint density at radius 1 is 1.38 bits per heavy atom. The van der Waals surface area contributed by atoms with Gasteiger partial charge in [0.25, 0.3) is 0 Å². The highest BCUT2D eigenvalue weighted by molar-refractivity contribution is 7.89. The Kier molecular flexibility index (Phi) is 4.34. The van der Waals surface area contributed by atoms with Crippen LogP contribution in [-0.2, 0) is 14.8 Å². The first-order chi connectivity index (χ1) is 12.3. The number of aryl methyl sites for hydroxylation is 1. The largest absolute Gasteiger partial charge is 0.495 e. The first-order valence-electron chi connectivity index (χ1n) is 9.24. The first-order valence-corrected chi connectivity index (χ1v) is 10.7. The van der Waals surface area contributed by atoms with Crippen molar-refractivity contribution in [3.8, 4) is 5.75 Å². The molecule has 3 saturated heterocycles. The normalized spacial score (nSPS) is 33.8. The highest BCUT2D eigenvalue weighted by Crippen LogP contribution is 2.55. The van der Waals surface area contributed by atoms with Crippen LogP contribution in [0.1, 0.15) is 18.4 Å². The number of methoxy groups -OCH3 is 1. The minimum atomic E-state index is -3.61. The summed E-state index contributed by atoms with van der Waals surface area (Å²) in [7, 11) is 2.04. The summed E-state index contributed by atoms with van der Waals surface area (Å²) in [5.41, 5.74) is 0.611. The van der Waals surface area contributed by atoms with E-state index in [0.29, 0.717) is 24.8 Å². The number of nitrogens with zero attached hydrogens (tertiary/aromatic N) is 2. The molecular formula is C19H28N2O4S. The molecule has 4 atom stereocenters. The van der Waals surface area contributed by atoms with Crippen LogP contribution in [0.5, 0.6) is 5.75 Å². The van der Waals surface area contributed by atoms with Gasteiger partial charge >= 0.3 is 0 Å². The Hall–Kier alpha value is -1.15. The van der Waals surface area contributed by atoms with E-state index in [-0.39, 0.29) is 22.5 Å². The molecule has 0 amide bonds. The minimum absolute atomic E-state index is 0.259. The summed E-state index contributed by atoms with van der Waals surface area (Å²) >= 11 is 0. The molecule has 0 radical (unpaired) electrons. The van der Waals surface area contributed by atoms with Gasteiger partial charge in [0.05, 0.1) is 18.8 Å². The molecule has 3 heterocycles. The van der Waals surface area contributed by atoms with Gasteiger partial charge in [-0.3, -0.25) is 0 Å². The lowest BCUT2D eigenvalue weighted by atomic mass is 9.73. The lowest BCUT2D eigenvalue weighted by molar-refractivity contribution is 0.00738. The van der Waals surface area contributed by atoms with Crippen LogP contribution >= 0.6 is 0 Å². The minimum Gasteiger partial charge on any atom is -0.495 e. The third kappa shape index (κ3) is 2.68.